The molecule has 2 atom stereocenters. The molecule has 0 bridgehead atoms. The van der Waals surface area contributed by atoms with Crippen molar-refractivity contribution in [3.63, 3.8) is 0 Å². The zero-order valence-corrected chi connectivity index (χ0v) is 12.6. The van der Waals surface area contributed by atoms with Crippen molar-refractivity contribution in [2.75, 3.05) is 19.7 Å². The Labute approximate surface area is 125 Å². The van der Waals surface area contributed by atoms with Gasteiger partial charge in [0.05, 0.1) is 6.20 Å². The molecule has 0 saturated carbocycles. The summed E-state index contributed by atoms with van der Waals surface area (Å²) in [5, 5.41) is 19.6. The van der Waals surface area contributed by atoms with E-state index in [1.165, 1.54) is 0 Å². The summed E-state index contributed by atoms with van der Waals surface area (Å²) in [5.74, 6) is 0.430. The van der Waals surface area contributed by atoms with Crippen molar-refractivity contribution in [2.45, 2.75) is 45.2 Å². The molecule has 1 aliphatic heterocycles. The van der Waals surface area contributed by atoms with Crippen LogP contribution in [0.1, 0.15) is 32.6 Å². The van der Waals surface area contributed by atoms with Gasteiger partial charge in [-0.15, -0.1) is 5.10 Å². The maximum Gasteiger partial charge on any atom is 0.317 e. The molecule has 0 aromatic carbocycles. The Hall–Kier alpha value is -1.63. The second kappa shape index (κ2) is 7.97. The Kier molecular flexibility index (Phi) is 5.98. The zero-order valence-electron chi connectivity index (χ0n) is 12.6. The predicted molar refractivity (Wildman–Crippen MR) is 78.6 cm³/mol. The molecule has 0 aliphatic carbocycles. The fourth-order valence-corrected chi connectivity index (χ4v) is 2.76. The first-order chi connectivity index (χ1) is 10.2. The van der Waals surface area contributed by atoms with Crippen molar-refractivity contribution in [1.82, 2.24) is 25.2 Å². The first kappa shape index (κ1) is 15.8. The molecule has 1 fully saturated rings. The molecule has 2 N–H and O–H groups in total. The summed E-state index contributed by atoms with van der Waals surface area (Å²) in [7, 11) is 0. The van der Waals surface area contributed by atoms with Crippen molar-refractivity contribution in [3.05, 3.63) is 12.4 Å². The summed E-state index contributed by atoms with van der Waals surface area (Å²) in [6.45, 7) is 4.53. The smallest absolute Gasteiger partial charge is 0.317 e. The van der Waals surface area contributed by atoms with Crippen LogP contribution in [-0.2, 0) is 6.54 Å². The summed E-state index contributed by atoms with van der Waals surface area (Å²) in [5.41, 5.74) is 0. The number of aromatic nitrogens is 3. The molecule has 1 aromatic rings. The molecule has 21 heavy (non-hydrogen) atoms. The van der Waals surface area contributed by atoms with Gasteiger partial charge in [0.25, 0.3) is 0 Å². The molecule has 2 amide bonds. The number of carbonyl (C=O) groups is 1. The van der Waals surface area contributed by atoms with E-state index in [1.54, 1.807) is 6.20 Å². The first-order valence-electron chi connectivity index (χ1n) is 7.69. The zero-order chi connectivity index (χ0) is 15.1. The monoisotopic (exact) mass is 295 g/mol. The van der Waals surface area contributed by atoms with Gasteiger partial charge in [0.1, 0.15) is 0 Å². The first-order valence-corrected chi connectivity index (χ1v) is 7.69. The van der Waals surface area contributed by atoms with Crippen LogP contribution < -0.4 is 5.32 Å². The number of amides is 2. The highest BCUT2D eigenvalue weighted by Crippen LogP contribution is 2.18. The summed E-state index contributed by atoms with van der Waals surface area (Å²) in [6.07, 6.45) is 7.20. The van der Waals surface area contributed by atoms with Crippen LogP contribution in [0.2, 0.25) is 0 Å². The second-order valence-electron chi connectivity index (χ2n) is 5.80. The number of nitrogens with zero attached hydrogens (tertiary/aromatic N) is 4. The van der Waals surface area contributed by atoms with E-state index in [-0.39, 0.29) is 18.7 Å². The number of rotatable bonds is 6. The van der Waals surface area contributed by atoms with E-state index in [0.29, 0.717) is 5.92 Å². The lowest BCUT2D eigenvalue weighted by molar-refractivity contribution is 0.154. The molecule has 2 rings (SSSR count). The highest BCUT2D eigenvalue weighted by atomic mass is 16.3. The maximum atomic E-state index is 12.2. The summed E-state index contributed by atoms with van der Waals surface area (Å²) in [4.78, 5) is 14.1. The quantitative estimate of drug-likeness (QED) is 0.815. The summed E-state index contributed by atoms with van der Waals surface area (Å²) in [6, 6.07) is 0.101. The fourth-order valence-electron chi connectivity index (χ4n) is 2.76. The van der Waals surface area contributed by atoms with E-state index in [2.05, 4.69) is 15.6 Å². The van der Waals surface area contributed by atoms with Crippen LogP contribution in [0, 0.1) is 5.92 Å². The number of carbonyl (C=O) groups excluding carboxylic acids is 1. The Morgan fingerprint density at radius 1 is 1.57 bits per heavy atom. The van der Waals surface area contributed by atoms with Gasteiger partial charge in [-0.25, -0.2) is 4.79 Å². The molecule has 0 spiro atoms. The average Bonchev–Trinajstić information content (AvgIpc) is 2.98. The van der Waals surface area contributed by atoms with Crippen molar-refractivity contribution >= 4 is 6.03 Å². The molecule has 2 unspecified atom stereocenters. The lowest BCUT2D eigenvalue weighted by Gasteiger charge is -2.33. The van der Waals surface area contributed by atoms with Crippen molar-refractivity contribution < 1.29 is 9.90 Å². The number of piperidine rings is 1. The van der Waals surface area contributed by atoms with E-state index < -0.39 is 0 Å². The molecular formula is C14H25N5O2. The Morgan fingerprint density at radius 3 is 3.14 bits per heavy atom. The van der Waals surface area contributed by atoms with Crippen molar-refractivity contribution in [3.8, 4) is 0 Å². The normalized spacial score (nSPS) is 20.3. The molecule has 1 aromatic heterocycles. The van der Waals surface area contributed by atoms with Crippen LogP contribution in [0.5, 0.6) is 0 Å². The third-order valence-electron chi connectivity index (χ3n) is 3.89. The highest BCUT2D eigenvalue weighted by molar-refractivity contribution is 5.74. The van der Waals surface area contributed by atoms with Gasteiger partial charge in [-0.05, 0) is 38.5 Å². The van der Waals surface area contributed by atoms with Crippen LogP contribution in [-0.4, -0.2) is 56.8 Å². The van der Waals surface area contributed by atoms with E-state index >= 15 is 0 Å². The third-order valence-corrected chi connectivity index (χ3v) is 3.89. The Morgan fingerprint density at radius 2 is 2.43 bits per heavy atom. The predicted octanol–water partition coefficient (Wildman–Crippen LogP) is 0.861. The number of likely N-dealkylation sites (tertiary alicyclic amines) is 1. The molecular weight excluding hydrogens is 270 g/mol. The van der Waals surface area contributed by atoms with Crippen LogP contribution in [0.3, 0.4) is 0 Å². The molecule has 118 valence electrons. The van der Waals surface area contributed by atoms with Crippen LogP contribution in [0.15, 0.2) is 12.4 Å². The largest absolute Gasteiger partial charge is 0.396 e. The average molecular weight is 295 g/mol. The lowest BCUT2D eigenvalue weighted by Crippen LogP contribution is -2.48. The minimum atomic E-state index is 0.00345. The number of urea groups is 1. The number of aliphatic hydroxyl groups is 1. The van der Waals surface area contributed by atoms with Gasteiger partial charge in [0.2, 0.25) is 0 Å². The molecule has 1 aliphatic rings. The third kappa shape index (κ3) is 5.00. The fraction of sp³-hybridized carbons (Fsp3) is 0.786. The summed E-state index contributed by atoms with van der Waals surface area (Å²) < 4.78 is 1.83. The standard InChI is InChI=1S/C14H25N5O2/c1-12(4-3-9-20)16-14(21)18-7-2-5-13(10-18)11-19-8-6-15-17-19/h6,8,12-13,20H,2-5,7,9-11H2,1H3,(H,16,21). The summed E-state index contributed by atoms with van der Waals surface area (Å²) >= 11 is 0. The second-order valence-corrected chi connectivity index (χ2v) is 5.80. The van der Waals surface area contributed by atoms with Gasteiger partial charge in [-0.2, -0.15) is 0 Å². The molecule has 2 heterocycles. The van der Waals surface area contributed by atoms with E-state index in [4.69, 9.17) is 5.11 Å². The molecule has 7 nitrogen and oxygen atoms in total. The Balaban J connectivity index is 1.78. The number of nitrogens with one attached hydrogen (secondary N) is 1. The minimum absolute atomic E-state index is 0.00345. The van der Waals surface area contributed by atoms with Crippen LogP contribution in [0.4, 0.5) is 4.79 Å². The van der Waals surface area contributed by atoms with Crippen LogP contribution in [0.25, 0.3) is 0 Å². The van der Waals surface area contributed by atoms with Crippen LogP contribution >= 0.6 is 0 Å². The van der Waals surface area contributed by atoms with Gasteiger partial charge >= 0.3 is 6.03 Å². The van der Waals surface area contributed by atoms with Gasteiger partial charge in [-0.1, -0.05) is 5.21 Å². The van der Waals surface area contributed by atoms with E-state index in [1.807, 2.05) is 22.7 Å². The lowest BCUT2D eigenvalue weighted by atomic mass is 9.98. The van der Waals surface area contributed by atoms with Gasteiger partial charge < -0.3 is 15.3 Å². The number of hydrogen-bond donors (Lipinski definition) is 2. The van der Waals surface area contributed by atoms with E-state index in [9.17, 15) is 4.79 Å². The van der Waals surface area contributed by atoms with E-state index in [0.717, 1.165) is 45.3 Å². The number of aliphatic hydroxyl groups excluding tert-OH is 1. The topological polar surface area (TPSA) is 83.3 Å². The molecule has 1 saturated heterocycles. The molecule has 7 heteroatoms. The molecule has 0 radical (unpaired) electrons. The minimum Gasteiger partial charge on any atom is -0.396 e. The van der Waals surface area contributed by atoms with Gasteiger partial charge in [0.15, 0.2) is 0 Å². The maximum absolute atomic E-state index is 12.2. The highest BCUT2D eigenvalue weighted by Gasteiger charge is 2.24. The van der Waals surface area contributed by atoms with Crippen molar-refractivity contribution in [2.24, 2.45) is 5.92 Å². The SMILES string of the molecule is CC(CCCO)NC(=O)N1CCCC(Cn2ccnn2)C1. The van der Waals surface area contributed by atoms with Crippen molar-refractivity contribution in [1.29, 1.82) is 0 Å². The van der Waals surface area contributed by atoms with Gasteiger partial charge in [0, 0.05) is 38.5 Å². The van der Waals surface area contributed by atoms with Gasteiger partial charge in [-0.3, -0.25) is 4.68 Å². The number of hydrogen-bond acceptors (Lipinski definition) is 4. The Bertz CT molecular complexity index is 423.